The smallest absolute Gasteiger partial charge is 0.268 e. The monoisotopic (exact) mass is 366 g/mol. The molecule has 5 rings (SSSR count). The van der Waals surface area contributed by atoms with Gasteiger partial charge in [0.25, 0.3) is 11.8 Å². The average molecular weight is 366 g/mol. The van der Waals surface area contributed by atoms with E-state index in [1.54, 1.807) is 18.6 Å². The number of carbonyl (C=O) groups is 1. The Labute approximate surface area is 151 Å². The fourth-order valence-corrected chi connectivity index (χ4v) is 3.40. The van der Waals surface area contributed by atoms with Crippen LogP contribution in [0.2, 0.25) is 0 Å². The molecule has 130 valence electrons. The topological polar surface area (TPSA) is 98.7 Å². The first-order valence-electron chi connectivity index (χ1n) is 8.25. The van der Waals surface area contributed by atoms with Crippen LogP contribution in [0.15, 0.2) is 40.6 Å². The van der Waals surface area contributed by atoms with Gasteiger partial charge in [0.1, 0.15) is 5.52 Å². The van der Waals surface area contributed by atoms with Crippen molar-refractivity contribution in [1.82, 2.24) is 30.0 Å². The molecule has 4 heterocycles. The van der Waals surface area contributed by atoms with Gasteiger partial charge in [-0.05, 0) is 30.4 Å². The molecule has 4 aromatic heterocycles. The van der Waals surface area contributed by atoms with Crippen LogP contribution in [0.4, 0.5) is 0 Å². The lowest BCUT2D eigenvalue weighted by atomic mass is 10.2. The molecule has 1 amide bonds. The molecule has 0 unspecified atom stereocenters. The first-order valence-corrected chi connectivity index (χ1v) is 9.13. The number of carbonyl (C=O) groups excluding carboxylic acids is 1. The normalized spacial score (nSPS) is 14.0. The van der Waals surface area contributed by atoms with E-state index in [1.807, 2.05) is 17.5 Å². The van der Waals surface area contributed by atoms with Crippen LogP contribution in [0.3, 0.4) is 0 Å². The van der Waals surface area contributed by atoms with Gasteiger partial charge in [0.15, 0.2) is 11.5 Å². The molecule has 8 nitrogen and oxygen atoms in total. The summed E-state index contributed by atoms with van der Waals surface area (Å²) in [6.07, 6.45) is 5.69. The number of hydrogen-bond donors (Lipinski definition) is 1. The molecule has 0 aliphatic heterocycles. The van der Waals surface area contributed by atoms with Crippen LogP contribution in [0, 0.1) is 0 Å². The van der Waals surface area contributed by atoms with Gasteiger partial charge in [-0.2, -0.15) is 4.98 Å². The van der Waals surface area contributed by atoms with E-state index in [4.69, 9.17) is 4.52 Å². The zero-order valence-electron chi connectivity index (χ0n) is 13.6. The van der Waals surface area contributed by atoms with Crippen LogP contribution in [0.25, 0.3) is 21.9 Å². The summed E-state index contributed by atoms with van der Waals surface area (Å²) in [7, 11) is 0. The van der Waals surface area contributed by atoms with Gasteiger partial charge in [0.2, 0.25) is 0 Å². The van der Waals surface area contributed by atoms with Gasteiger partial charge in [-0.25, -0.2) is 9.97 Å². The number of rotatable bonds is 5. The number of amides is 1. The highest BCUT2D eigenvalue weighted by molar-refractivity contribution is 7.13. The Kier molecular flexibility index (Phi) is 3.52. The Hall–Kier alpha value is -3.07. The second kappa shape index (κ2) is 6.03. The number of pyridine rings is 1. The molecule has 1 N–H and O–H groups in total. The maximum absolute atomic E-state index is 12.4. The van der Waals surface area contributed by atoms with Gasteiger partial charge < -0.3 is 14.4 Å². The standard InChI is InChI=1S/C17H14N6O2S/c24-16(19-8-14-21-17(25-22-14)13-2-1-5-26-13)10-6-12-15(18-7-10)23(9-20-12)11-3-4-11/h1-2,5-7,9,11H,3-4,8H2,(H,19,24). The van der Waals surface area contributed by atoms with Gasteiger partial charge in [-0.1, -0.05) is 11.2 Å². The van der Waals surface area contributed by atoms with Gasteiger partial charge in [0, 0.05) is 12.2 Å². The first-order chi connectivity index (χ1) is 12.8. The molecule has 0 spiro atoms. The summed E-state index contributed by atoms with van der Waals surface area (Å²) < 4.78 is 7.28. The highest BCUT2D eigenvalue weighted by atomic mass is 32.1. The van der Waals surface area contributed by atoms with Crippen molar-refractivity contribution in [2.45, 2.75) is 25.4 Å². The third-order valence-electron chi connectivity index (χ3n) is 4.22. The molecule has 0 saturated heterocycles. The second-order valence-corrected chi connectivity index (χ2v) is 7.07. The molecule has 4 aromatic rings. The Morgan fingerprint density at radius 1 is 1.38 bits per heavy atom. The van der Waals surface area contributed by atoms with E-state index in [0.717, 1.165) is 28.9 Å². The highest BCUT2D eigenvalue weighted by Gasteiger charge is 2.25. The number of imidazole rings is 1. The van der Waals surface area contributed by atoms with E-state index < -0.39 is 0 Å². The fourth-order valence-electron chi connectivity index (χ4n) is 2.75. The summed E-state index contributed by atoms with van der Waals surface area (Å²) in [6, 6.07) is 6.08. The molecular formula is C17H14N6O2S. The number of fused-ring (bicyclic) bond motifs is 1. The molecule has 1 saturated carbocycles. The minimum absolute atomic E-state index is 0.183. The summed E-state index contributed by atoms with van der Waals surface area (Å²) in [5.74, 6) is 0.634. The molecule has 26 heavy (non-hydrogen) atoms. The maximum Gasteiger partial charge on any atom is 0.268 e. The van der Waals surface area contributed by atoms with Gasteiger partial charge in [-0.3, -0.25) is 4.79 Å². The van der Waals surface area contributed by atoms with Crippen molar-refractivity contribution in [3.05, 3.63) is 47.5 Å². The predicted octanol–water partition coefficient (Wildman–Crippen LogP) is 2.81. The van der Waals surface area contributed by atoms with Crippen molar-refractivity contribution in [2.75, 3.05) is 0 Å². The highest BCUT2D eigenvalue weighted by Crippen LogP contribution is 2.36. The van der Waals surface area contributed by atoms with Crippen LogP contribution in [0.1, 0.15) is 35.1 Å². The van der Waals surface area contributed by atoms with Gasteiger partial charge >= 0.3 is 0 Å². The zero-order valence-corrected chi connectivity index (χ0v) is 14.4. The lowest BCUT2D eigenvalue weighted by Gasteiger charge is -2.03. The van der Waals surface area contributed by atoms with Crippen molar-refractivity contribution < 1.29 is 9.32 Å². The van der Waals surface area contributed by atoms with E-state index in [9.17, 15) is 4.79 Å². The molecule has 1 aliphatic carbocycles. The third kappa shape index (κ3) is 2.76. The number of nitrogens with zero attached hydrogens (tertiary/aromatic N) is 5. The molecule has 0 aromatic carbocycles. The van der Waals surface area contributed by atoms with Crippen molar-refractivity contribution >= 4 is 28.4 Å². The summed E-state index contributed by atoms with van der Waals surface area (Å²) in [4.78, 5) is 26.3. The molecule has 1 fully saturated rings. The summed E-state index contributed by atoms with van der Waals surface area (Å²) in [5.41, 5.74) is 2.01. The molecule has 0 bridgehead atoms. The second-order valence-electron chi connectivity index (χ2n) is 6.13. The summed E-state index contributed by atoms with van der Waals surface area (Å²) in [5, 5.41) is 8.62. The minimum Gasteiger partial charge on any atom is -0.345 e. The average Bonchev–Trinajstić information content (AvgIpc) is 3.09. The maximum atomic E-state index is 12.4. The van der Waals surface area contributed by atoms with E-state index >= 15 is 0 Å². The lowest BCUT2D eigenvalue weighted by Crippen LogP contribution is -2.23. The van der Waals surface area contributed by atoms with Crippen molar-refractivity contribution in [3.63, 3.8) is 0 Å². The quantitative estimate of drug-likeness (QED) is 0.583. The summed E-state index contributed by atoms with van der Waals surface area (Å²) >= 11 is 1.52. The Morgan fingerprint density at radius 3 is 3.12 bits per heavy atom. The van der Waals surface area contributed by atoms with E-state index in [-0.39, 0.29) is 12.5 Å². The lowest BCUT2D eigenvalue weighted by molar-refractivity contribution is 0.0949. The molecule has 0 radical (unpaired) electrons. The van der Waals surface area contributed by atoms with Gasteiger partial charge in [0.05, 0.1) is 23.3 Å². The van der Waals surface area contributed by atoms with Crippen LogP contribution >= 0.6 is 11.3 Å². The Morgan fingerprint density at radius 2 is 2.31 bits per heavy atom. The largest absolute Gasteiger partial charge is 0.345 e. The van der Waals surface area contributed by atoms with Crippen LogP contribution in [0.5, 0.6) is 0 Å². The predicted molar refractivity (Wildman–Crippen MR) is 94.6 cm³/mol. The molecule has 0 atom stereocenters. The Balaban J connectivity index is 1.29. The van der Waals surface area contributed by atoms with Crippen molar-refractivity contribution in [2.24, 2.45) is 0 Å². The first kappa shape index (κ1) is 15.2. The van der Waals surface area contributed by atoms with Crippen molar-refractivity contribution in [1.29, 1.82) is 0 Å². The van der Waals surface area contributed by atoms with E-state index in [2.05, 4.69) is 30.0 Å². The minimum atomic E-state index is -0.247. The zero-order chi connectivity index (χ0) is 17.5. The van der Waals surface area contributed by atoms with Crippen molar-refractivity contribution in [3.8, 4) is 10.8 Å². The fraction of sp³-hybridized carbons (Fsp3) is 0.235. The summed E-state index contributed by atoms with van der Waals surface area (Å²) in [6.45, 7) is 0.183. The van der Waals surface area contributed by atoms with Gasteiger partial charge in [-0.15, -0.1) is 11.3 Å². The van der Waals surface area contributed by atoms with E-state index in [1.165, 1.54) is 11.3 Å². The number of thiophene rings is 1. The number of aromatic nitrogens is 5. The Bertz CT molecular complexity index is 1080. The van der Waals surface area contributed by atoms with Crippen LogP contribution in [-0.4, -0.2) is 30.6 Å². The van der Waals surface area contributed by atoms with E-state index in [0.29, 0.717) is 23.3 Å². The third-order valence-corrected chi connectivity index (χ3v) is 5.08. The molecular weight excluding hydrogens is 352 g/mol. The molecule has 1 aliphatic rings. The number of hydrogen-bond acceptors (Lipinski definition) is 7. The molecule has 9 heteroatoms. The van der Waals surface area contributed by atoms with Crippen LogP contribution < -0.4 is 5.32 Å². The SMILES string of the molecule is O=C(NCc1noc(-c2cccs2)n1)c1cnc2c(c1)ncn2C1CC1. The van der Waals surface area contributed by atoms with Crippen LogP contribution in [-0.2, 0) is 6.54 Å². The number of nitrogens with one attached hydrogen (secondary N) is 1.